The Hall–Kier alpha value is -1.91. The molecule has 0 heterocycles. The van der Waals surface area contributed by atoms with Crippen molar-refractivity contribution in [2.24, 2.45) is 0 Å². The van der Waals surface area contributed by atoms with E-state index in [1.165, 1.54) is 18.2 Å². The van der Waals surface area contributed by atoms with Gasteiger partial charge in [0.25, 0.3) is 5.69 Å². The standard InChI is InChI=1S/C16H16ClNO3/c1-10(2)11-3-5-12(6-4-11)16(19)14-9-13(18(20)21)7-8-15(14)17/h3-10,16,19H,1-2H3. The first-order valence-corrected chi connectivity index (χ1v) is 6.99. The summed E-state index contributed by atoms with van der Waals surface area (Å²) >= 11 is 6.04. The van der Waals surface area contributed by atoms with Crippen molar-refractivity contribution in [1.82, 2.24) is 0 Å². The number of non-ortho nitro benzene ring substituents is 1. The predicted octanol–water partition coefficient (Wildman–Crippen LogP) is 4.45. The quantitative estimate of drug-likeness (QED) is 0.670. The molecule has 1 unspecified atom stereocenters. The first-order chi connectivity index (χ1) is 9.90. The second kappa shape index (κ2) is 6.24. The largest absolute Gasteiger partial charge is 0.384 e. The van der Waals surface area contributed by atoms with Crippen LogP contribution >= 0.6 is 11.6 Å². The van der Waals surface area contributed by atoms with Gasteiger partial charge in [-0.1, -0.05) is 49.7 Å². The van der Waals surface area contributed by atoms with Gasteiger partial charge < -0.3 is 5.11 Å². The number of rotatable bonds is 4. The van der Waals surface area contributed by atoms with Gasteiger partial charge in [0.15, 0.2) is 0 Å². The molecule has 0 aliphatic carbocycles. The van der Waals surface area contributed by atoms with Crippen LogP contribution in [0.3, 0.4) is 0 Å². The molecule has 0 aliphatic rings. The highest BCUT2D eigenvalue weighted by Gasteiger charge is 2.18. The molecular weight excluding hydrogens is 290 g/mol. The number of halogens is 1. The molecule has 1 atom stereocenters. The fourth-order valence-electron chi connectivity index (χ4n) is 2.10. The van der Waals surface area contributed by atoms with Crippen molar-refractivity contribution >= 4 is 17.3 Å². The van der Waals surface area contributed by atoms with Crippen LogP contribution in [0.1, 0.15) is 42.6 Å². The van der Waals surface area contributed by atoms with Crippen LogP contribution in [0, 0.1) is 10.1 Å². The Labute approximate surface area is 128 Å². The number of aliphatic hydroxyl groups excluding tert-OH is 1. The molecule has 1 N–H and O–H groups in total. The third-order valence-corrected chi connectivity index (χ3v) is 3.75. The molecule has 0 saturated carbocycles. The van der Waals surface area contributed by atoms with Crippen molar-refractivity contribution < 1.29 is 10.0 Å². The highest BCUT2D eigenvalue weighted by molar-refractivity contribution is 6.31. The van der Waals surface area contributed by atoms with Crippen LogP contribution in [-0.2, 0) is 0 Å². The molecule has 2 aromatic carbocycles. The molecule has 110 valence electrons. The molecule has 5 heteroatoms. The van der Waals surface area contributed by atoms with Gasteiger partial charge >= 0.3 is 0 Å². The van der Waals surface area contributed by atoms with Crippen LogP contribution in [0.4, 0.5) is 5.69 Å². The van der Waals surface area contributed by atoms with Gasteiger partial charge in [-0.3, -0.25) is 10.1 Å². The molecule has 0 saturated heterocycles. The Kier molecular flexibility index (Phi) is 4.60. The van der Waals surface area contributed by atoms with Crippen molar-refractivity contribution in [2.45, 2.75) is 25.9 Å². The highest BCUT2D eigenvalue weighted by atomic mass is 35.5. The molecule has 0 amide bonds. The zero-order valence-electron chi connectivity index (χ0n) is 11.8. The summed E-state index contributed by atoms with van der Waals surface area (Å²) in [4.78, 5) is 10.3. The van der Waals surface area contributed by atoms with E-state index in [9.17, 15) is 15.2 Å². The van der Waals surface area contributed by atoms with Crippen LogP contribution in [0.2, 0.25) is 5.02 Å². The van der Waals surface area contributed by atoms with Gasteiger partial charge in [0.05, 0.1) is 4.92 Å². The number of nitro benzene ring substituents is 1. The van der Waals surface area contributed by atoms with Gasteiger partial charge in [-0.25, -0.2) is 0 Å². The van der Waals surface area contributed by atoms with E-state index in [1.807, 2.05) is 24.3 Å². The summed E-state index contributed by atoms with van der Waals surface area (Å²) < 4.78 is 0. The van der Waals surface area contributed by atoms with Crippen molar-refractivity contribution in [3.8, 4) is 0 Å². The van der Waals surface area contributed by atoms with Crippen molar-refractivity contribution in [1.29, 1.82) is 0 Å². The zero-order chi connectivity index (χ0) is 15.6. The summed E-state index contributed by atoms with van der Waals surface area (Å²) in [5.41, 5.74) is 2.06. The maximum Gasteiger partial charge on any atom is 0.269 e. The van der Waals surface area contributed by atoms with Gasteiger partial charge in [0.1, 0.15) is 6.10 Å². The van der Waals surface area contributed by atoms with Crippen LogP contribution in [0.15, 0.2) is 42.5 Å². The molecule has 21 heavy (non-hydrogen) atoms. The Morgan fingerprint density at radius 3 is 2.19 bits per heavy atom. The summed E-state index contributed by atoms with van der Waals surface area (Å²) in [6.45, 7) is 4.17. The minimum Gasteiger partial charge on any atom is -0.384 e. The molecule has 2 rings (SSSR count). The minimum atomic E-state index is -0.987. The Balaban J connectivity index is 2.37. The molecule has 0 fully saturated rings. The van der Waals surface area contributed by atoms with Crippen LogP contribution in [-0.4, -0.2) is 10.0 Å². The predicted molar refractivity (Wildman–Crippen MR) is 82.7 cm³/mol. The maximum atomic E-state index is 10.8. The summed E-state index contributed by atoms with van der Waals surface area (Å²) in [7, 11) is 0. The van der Waals surface area contributed by atoms with Crippen molar-refractivity contribution in [3.63, 3.8) is 0 Å². The van der Waals surface area contributed by atoms with Gasteiger partial charge in [-0.2, -0.15) is 0 Å². The Bertz CT molecular complexity index is 653. The number of hydrogen-bond donors (Lipinski definition) is 1. The van der Waals surface area contributed by atoms with Gasteiger partial charge in [-0.05, 0) is 23.1 Å². The monoisotopic (exact) mass is 305 g/mol. The number of nitrogens with zero attached hydrogens (tertiary/aromatic N) is 1. The van der Waals surface area contributed by atoms with Crippen LogP contribution in [0.5, 0.6) is 0 Å². The topological polar surface area (TPSA) is 63.4 Å². The fourth-order valence-corrected chi connectivity index (χ4v) is 2.32. The summed E-state index contributed by atoms with van der Waals surface area (Å²) in [5.74, 6) is 0.401. The fraction of sp³-hybridized carbons (Fsp3) is 0.250. The van der Waals surface area contributed by atoms with E-state index >= 15 is 0 Å². The number of aliphatic hydroxyl groups is 1. The van der Waals surface area contributed by atoms with E-state index in [2.05, 4.69) is 13.8 Å². The highest BCUT2D eigenvalue weighted by Crippen LogP contribution is 2.31. The second-order valence-corrected chi connectivity index (χ2v) is 5.59. The third kappa shape index (κ3) is 3.40. The van der Waals surface area contributed by atoms with Crippen molar-refractivity contribution in [2.75, 3.05) is 0 Å². The molecular formula is C16H16ClNO3. The average molecular weight is 306 g/mol. The molecule has 0 aliphatic heterocycles. The normalized spacial score (nSPS) is 12.4. The number of benzene rings is 2. The van der Waals surface area contributed by atoms with E-state index < -0.39 is 11.0 Å². The van der Waals surface area contributed by atoms with Gasteiger partial charge in [0.2, 0.25) is 0 Å². The first-order valence-electron chi connectivity index (χ1n) is 6.62. The van der Waals surface area contributed by atoms with Crippen LogP contribution in [0.25, 0.3) is 0 Å². The molecule has 0 radical (unpaired) electrons. The zero-order valence-corrected chi connectivity index (χ0v) is 12.5. The van der Waals surface area contributed by atoms with Gasteiger partial charge in [0, 0.05) is 22.7 Å². The number of hydrogen-bond acceptors (Lipinski definition) is 3. The van der Waals surface area contributed by atoms with Crippen molar-refractivity contribution in [3.05, 3.63) is 74.3 Å². The summed E-state index contributed by atoms with van der Waals surface area (Å²) in [6, 6.07) is 11.6. The Morgan fingerprint density at radius 1 is 1.10 bits per heavy atom. The molecule has 4 nitrogen and oxygen atoms in total. The SMILES string of the molecule is CC(C)c1ccc(C(O)c2cc([N+](=O)[O-])ccc2Cl)cc1. The van der Waals surface area contributed by atoms with E-state index in [-0.39, 0.29) is 5.69 Å². The second-order valence-electron chi connectivity index (χ2n) is 5.19. The van der Waals surface area contributed by atoms with E-state index in [0.29, 0.717) is 22.1 Å². The maximum absolute atomic E-state index is 10.8. The van der Waals surface area contributed by atoms with Gasteiger partial charge in [-0.15, -0.1) is 0 Å². The first kappa shape index (κ1) is 15.5. The molecule has 0 spiro atoms. The van der Waals surface area contributed by atoms with E-state index in [4.69, 9.17) is 11.6 Å². The lowest BCUT2D eigenvalue weighted by molar-refractivity contribution is -0.385. The van der Waals surface area contributed by atoms with Crippen LogP contribution < -0.4 is 0 Å². The average Bonchev–Trinajstić information content (AvgIpc) is 2.47. The lowest BCUT2D eigenvalue weighted by atomic mass is 9.97. The molecule has 2 aromatic rings. The van der Waals surface area contributed by atoms with E-state index in [1.54, 1.807) is 0 Å². The minimum absolute atomic E-state index is 0.0905. The summed E-state index contributed by atoms with van der Waals surface area (Å²) in [6.07, 6.45) is -0.987. The summed E-state index contributed by atoms with van der Waals surface area (Å²) in [5, 5.41) is 21.5. The molecule has 0 aromatic heterocycles. The smallest absolute Gasteiger partial charge is 0.269 e. The molecule has 0 bridgehead atoms. The third-order valence-electron chi connectivity index (χ3n) is 3.40. The lowest BCUT2D eigenvalue weighted by Crippen LogP contribution is -2.02. The number of nitro groups is 1. The lowest BCUT2D eigenvalue weighted by Gasteiger charge is -2.14. The Morgan fingerprint density at radius 2 is 1.67 bits per heavy atom. The van der Waals surface area contributed by atoms with E-state index in [0.717, 1.165) is 5.56 Å².